The maximum atomic E-state index is 11.1. The zero-order valence-corrected chi connectivity index (χ0v) is 11.9. The second-order valence-corrected chi connectivity index (χ2v) is 5.67. The first-order valence-electron chi connectivity index (χ1n) is 6.03. The number of rotatable bonds is 2. The summed E-state index contributed by atoms with van der Waals surface area (Å²) in [7, 11) is 1.94. The van der Waals surface area contributed by atoms with Crippen LogP contribution in [0.1, 0.15) is 15.4 Å². The second kappa shape index (κ2) is 4.35. The molecule has 0 spiro atoms. The van der Waals surface area contributed by atoms with E-state index in [0.29, 0.717) is 16.4 Å². The van der Waals surface area contributed by atoms with Crippen LogP contribution in [0.5, 0.6) is 0 Å². The first-order valence-corrected chi connectivity index (χ1v) is 6.84. The maximum Gasteiger partial charge on any atom is 0.347 e. The molecule has 0 bridgehead atoms. The van der Waals surface area contributed by atoms with E-state index in [-0.39, 0.29) is 4.88 Å². The van der Waals surface area contributed by atoms with Crippen molar-refractivity contribution in [3.8, 4) is 10.6 Å². The average Bonchev–Trinajstić information content (AvgIpc) is 2.93. The fraction of sp³-hybridized carbons (Fsp3) is 0.143. The smallest absolute Gasteiger partial charge is 0.347 e. The average molecular weight is 287 g/mol. The summed E-state index contributed by atoms with van der Waals surface area (Å²) in [5, 5.41) is 10.8. The van der Waals surface area contributed by atoms with Crippen LogP contribution < -0.4 is 5.73 Å². The van der Waals surface area contributed by atoms with Gasteiger partial charge in [-0.25, -0.2) is 9.78 Å². The lowest BCUT2D eigenvalue weighted by Crippen LogP contribution is -1.94. The number of aromatic nitrogens is 2. The molecule has 6 heteroatoms. The minimum absolute atomic E-state index is 0.270. The number of carboxylic acids is 1. The molecule has 0 aliphatic heterocycles. The zero-order valence-electron chi connectivity index (χ0n) is 11.0. The SMILES string of the molecule is Cc1nc(-c2cc(N)c3c(ccn3C)c2)sc1C(=O)O. The number of anilines is 1. The van der Waals surface area contributed by atoms with Crippen LogP contribution >= 0.6 is 11.3 Å². The lowest BCUT2D eigenvalue weighted by atomic mass is 10.1. The largest absolute Gasteiger partial charge is 0.477 e. The van der Waals surface area contributed by atoms with Gasteiger partial charge in [0.05, 0.1) is 16.9 Å². The molecule has 0 saturated carbocycles. The Kier molecular flexibility index (Phi) is 2.76. The molecule has 0 aliphatic carbocycles. The van der Waals surface area contributed by atoms with E-state index in [1.54, 1.807) is 6.92 Å². The third-order valence-corrected chi connectivity index (χ3v) is 4.43. The Morgan fingerprint density at radius 1 is 1.45 bits per heavy atom. The third-order valence-electron chi connectivity index (χ3n) is 3.24. The van der Waals surface area contributed by atoms with E-state index in [9.17, 15) is 4.79 Å². The van der Waals surface area contributed by atoms with Gasteiger partial charge in [-0.15, -0.1) is 11.3 Å². The number of hydrogen-bond acceptors (Lipinski definition) is 4. The van der Waals surface area contributed by atoms with E-state index in [0.717, 1.165) is 16.5 Å². The Hall–Kier alpha value is -2.34. The van der Waals surface area contributed by atoms with E-state index in [4.69, 9.17) is 10.8 Å². The zero-order chi connectivity index (χ0) is 14.4. The van der Waals surface area contributed by atoms with E-state index in [2.05, 4.69) is 4.98 Å². The lowest BCUT2D eigenvalue weighted by molar-refractivity contribution is 0.0701. The third kappa shape index (κ3) is 1.85. The number of nitrogen functional groups attached to an aromatic ring is 1. The van der Waals surface area contributed by atoms with Crippen molar-refractivity contribution < 1.29 is 9.90 Å². The molecule has 102 valence electrons. The van der Waals surface area contributed by atoms with Gasteiger partial charge in [-0.2, -0.15) is 0 Å². The first kappa shape index (κ1) is 12.7. The highest BCUT2D eigenvalue weighted by Gasteiger charge is 2.16. The number of benzene rings is 1. The fourth-order valence-electron chi connectivity index (χ4n) is 2.32. The fourth-order valence-corrected chi connectivity index (χ4v) is 3.22. The van der Waals surface area contributed by atoms with Crippen LogP contribution in [0.25, 0.3) is 21.5 Å². The van der Waals surface area contributed by atoms with Gasteiger partial charge in [-0.3, -0.25) is 0 Å². The molecule has 5 nitrogen and oxygen atoms in total. The summed E-state index contributed by atoms with van der Waals surface area (Å²) in [6, 6.07) is 5.80. The van der Waals surface area contributed by atoms with Crippen LogP contribution in [-0.2, 0) is 7.05 Å². The highest BCUT2D eigenvalue weighted by atomic mass is 32.1. The minimum Gasteiger partial charge on any atom is -0.477 e. The summed E-state index contributed by atoms with van der Waals surface area (Å²) < 4.78 is 1.96. The van der Waals surface area contributed by atoms with Crippen molar-refractivity contribution in [2.75, 3.05) is 5.73 Å². The van der Waals surface area contributed by atoms with Crippen LogP contribution in [-0.4, -0.2) is 20.6 Å². The summed E-state index contributed by atoms with van der Waals surface area (Å²) in [4.78, 5) is 15.7. The normalized spacial score (nSPS) is 11.1. The lowest BCUT2D eigenvalue weighted by Gasteiger charge is -2.04. The van der Waals surface area contributed by atoms with Gasteiger partial charge < -0.3 is 15.4 Å². The van der Waals surface area contributed by atoms with Crippen molar-refractivity contribution in [3.63, 3.8) is 0 Å². The van der Waals surface area contributed by atoms with Gasteiger partial charge in [0.25, 0.3) is 0 Å². The van der Waals surface area contributed by atoms with E-state index < -0.39 is 5.97 Å². The molecule has 0 saturated heterocycles. The Labute approximate surface area is 119 Å². The molecule has 0 amide bonds. The van der Waals surface area contributed by atoms with Crippen LogP contribution in [0, 0.1) is 6.92 Å². The quantitative estimate of drug-likeness (QED) is 0.710. The predicted octanol–water partition coefficient (Wildman–Crippen LogP) is 2.89. The molecule has 3 rings (SSSR count). The van der Waals surface area contributed by atoms with Crippen molar-refractivity contribution in [1.82, 2.24) is 9.55 Å². The molecule has 3 aromatic rings. The number of nitrogens with zero attached hydrogens (tertiary/aromatic N) is 2. The van der Waals surface area contributed by atoms with E-state index >= 15 is 0 Å². The number of aryl methyl sites for hydroxylation is 2. The number of hydrogen-bond donors (Lipinski definition) is 2. The van der Waals surface area contributed by atoms with Gasteiger partial charge in [0.1, 0.15) is 9.88 Å². The van der Waals surface area contributed by atoms with Crippen molar-refractivity contribution in [1.29, 1.82) is 0 Å². The number of carbonyl (C=O) groups is 1. The molecule has 0 unspecified atom stereocenters. The van der Waals surface area contributed by atoms with Crippen molar-refractivity contribution >= 4 is 33.9 Å². The molecular formula is C14H13N3O2S. The number of nitrogens with two attached hydrogens (primary N) is 1. The van der Waals surface area contributed by atoms with Gasteiger partial charge in [0.15, 0.2) is 0 Å². The van der Waals surface area contributed by atoms with Crippen LogP contribution in [0.15, 0.2) is 24.4 Å². The molecule has 0 aliphatic rings. The van der Waals surface area contributed by atoms with Crippen LogP contribution in [0.4, 0.5) is 5.69 Å². The summed E-state index contributed by atoms with van der Waals surface area (Å²) in [5.74, 6) is -0.944. The summed E-state index contributed by atoms with van der Waals surface area (Å²) >= 11 is 1.17. The van der Waals surface area contributed by atoms with Gasteiger partial charge in [-0.1, -0.05) is 0 Å². The number of fused-ring (bicyclic) bond motifs is 1. The highest BCUT2D eigenvalue weighted by Crippen LogP contribution is 2.33. The Morgan fingerprint density at radius 2 is 2.20 bits per heavy atom. The van der Waals surface area contributed by atoms with Crippen molar-refractivity contribution in [2.45, 2.75) is 6.92 Å². The molecule has 2 heterocycles. The second-order valence-electron chi connectivity index (χ2n) is 4.67. The molecule has 20 heavy (non-hydrogen) atoms. The molecular weight excluding hydrogens is 274 g/mol. The van der Waals surface area contributed by atoms with Gasteiger partial charge in [0, 0.05) is 24.2 Å². The molecule has 0 atom stereocenters. The Morgan fingerprint density at radius 3 is 2.85 bits per heavy atom. The highest BCUT2D eigenvalue weighted by molar-refractivity contribution is 7.17. The molecule has 3 N–H and O–H groups in total. The monoisotopic (exact) mass is 287 g/mol. The molecule has 2 aromatic heterocycles. The van der Waals surface area contributed by atoms with Crippen molar-refractivity contribution in [3.05, 3.63) is 35.0 Å². The van der Waals surface area contributed by atoms with Crippen LogP contribution in [0.3, 0.4) is 0 Å². The number of carboxylic acid groups (broad SMARTS) is 1. The van der Waals surface area contributed by atoms with Gasteiger partial charge in [0.2, 0.25) is 0 Å². The summed E-state index contributed by atoms with van der Waals surface area (Å²) in [6.07, 6.45) is 1.95. The maximum absolute atomic E-state index is 11.1. The Bertz CT molecular complexity index is 832. The minimum atomic E-state index is -0.944. The number of thiazole rings is 1. The molecule has 0 radical (unpaired) electrons. The standard InChI is InChI=1S/C14H13N3O2S/c1-7-12(14(18)19)20-13(16-7)9-5-8-3-4-17(2)11(8)10(15)6-9/h3-6H,15H2,1-2H3,(H,18,19). The van der Waals surface area contributed by atoms with Gasteiger partial charge >= 0.3 is 5.97 Å². The number of aromatic carboxylic acids is 1. The predicted molar refractivity (Wildman–Crippen MR) is 80.1 cm³/mol. The molecule has 0 fully saturated rings. The summed E-state index contributed by atoms with van der Waals surface area (Å²) in [5.41, 5.74) is 9.10. The molecule has 1 aromatic carbocycles. The van der Waals surface area contributed by atoms with Crippen LogP contribution in [0.2, 0.25) is 0 Å². The van der Waals surface area contributed by atoms with Gasteiger partial charge in [-0.05, 0) is 25.1 Å². The topological polar surface area (TPSA) is 81.1 Å². The Balaban J connectivity index is 2.19. The summed E-state index contributed by atoms with van der Waals surface area (Å²) in [6.45, 7) is 1.70. The van der Waals surface area contributed by atoms with Crippen molar-refractivity contribution in [2.24, 2.45) is 7.05 Å². The first-order chi connectivity index (χ1) is 9.47. The van der Waals surface area contributed by atoms with E-state index in [1.807, 2.05) is 36.0 Å². The van der Waals surface area contributed by atoms with E-state index in [1.165, 1.54) is 11.3 Å².